The second-order valence-corrected chi connectivity index (χ2v) is 3.59. The van der Waals surface area contributed by atoms with Gasteiger partial charge in [0.15, 0.2) is 0 Å². The van der Waals surface area contributed by atoms with Crippen molar-refractivity contribution in [1.82, 2.24) is 0 Å². The quantitative estimate of drug-likeness (QED) is 0.367. The minimum Gasteiger partial charge on any atom is -0.395 e. The lowest BCUT2D eigenvalue weighted by atomic mass is 10.1. The van der Waals surface area contributed by atoms with E-state index in [2.05, 4.69) is 0 Å². The van der Waals surface area contributed by atoms with Crippen LogP contribution in [0.2, 0.25) is 0 Å². The molecule has 0 bridgehead atoms. The molecule has 0 amide bonds. The fourth-order valence-electron chi connectivity index (χ4n) is 0.880. The molecule has 0 aromatic heterocycles. The number of hydrogen-bond donors (Lipinski definition) is 4. The van der Waals surface area contributed by atoms with Gasteiger partial charge in [0.05, 0.1) is 18.0 Å². The Morgan fingerprint density at radius 3 is 1.90 bits per heavy atom. The van der Waals surface area contributed by atoms with Gasteiger partial charge in [0.25, 0.3) is 0 Å². The molecule has 0 aliphatic carbocycles. The molecule has 4 nitrogen and oxygen atoms in total. The number of aliphatic hydroxyl groups excluding tert-OH is 4. The Hall–Kier alpha value is 0.190. The molecule has 0 radical (unpaired) electrons. The van der Waals surface area contributed by atoms with Gasteiger partial charge in [-0.1, -0.05) is 0 Å². The van der Waals surface area contributed by atoms with E-state index >= 15 is 0 Å². The van der Waals surface area contributed by atoms with E-state index in [1.54, 1.807) is 0 Å². The van der Waals surface area contributed by atoms with Crippen molar-refractivity contribution in [2.45, 2.75) is 22.9 Å². The molecule has 0 saturated carbocycles. The van der Waals surface area contributed by atoms with Gasteiger partial charge in [-0.2, -0.15) is 0 Å². The van der Waals surface area contributed by atoms with Crippen LogP contribution < -0.4 is 0 Å². The van der Waals surface area contributed by atoms with Crippen LogP contribution in [-0.4, -0.2) is 49.9 Å². The van der Waals surface area contributed by atoms with E-state index in [0.717, 1.165) is 11.8 Å². The normalized spacial score (nSPS) is 48.0. The summed E-state index contributed by atoms with van der Waals surface area (Å²) in [5.41, 5.74) is -0.966. The lowest BCUT2D eigenvalue weighted by Gasteiger charge is -2.11. The van der Waals surface area contributed by atoms with Gasteiger partial charge in [-0.3, -0.25) is 0 Å². The van der Waals surface area contributed by atoms with Crippen molar-refractivity contribution >= 4 is 11.8 Å². The Labute approximate surface area is 62.5 Å². The molecule has 60 valence electrons. The average Bonchev–Trinajstić information content (AvgIpc) is 2.17. The third kappa shape index (κ3) is 1.28. The van der Waals surface area contributed by atoms with Gasteiger partial charge in [-0.15, -0.1) is 11.8 Å². The van der Waals surface area contributed by atoms with Crippen LogP contribution in [0.3, 0.4) is 0 Å². The molecule has 0 spiro atoms. The van der Waals surface area contributed by atoms with Gasteiger partial charge in [-0.25, -0.2) is 0 Å². The van der Waals surface area contributed by atoms with E-state index in [4.69, 9.17) is 20.4 Å². The zero-order valence-electron chi connectivity index (χ0n) is 5.21. The molecule has 1 aliphatic heterocycles. The largest absolute Gasteiger partial charge is 0.395 e. The molecule has 4 N–H and O–H groups in total. The average molecular weight is 166 g/mol. The van der Waals surface area contributed by atoms with Crippen molar-refractivity contribution in [2.75, 3.05) is 6.61 Å². The van der Waals surface area contributed by atoms with E-state index in [9.17, 15) is 0 Å². The summed E-state index contributed by atoms with van der Waals surface area (Å²) in [5.74, 6) is 0. The second kappa shape index (κ2) is 3.06. The van der Waals surface area contributed by atoms with Crippen molar-refractivity contribution in [3.63, 3.8) is 0 Å². The van der Waals surface area contributed by atoms with Crippen LogP contribution in [-0.2, 0) is 0 Å². The molecule has 1 fully saturated rings. The molecule has 1 rings (SSSR count). The highest BCUT2D eigenvalue weighted by Gasteiger charge is 2.40. The number of aliphatic hydroxyl groups is 4. The van der Waals surface area contributed by atoms with Gasteiger partial charge in [0.2, 0.25) is 0 Å². The fraction of sp³-hybridized carbons (Fsp3) is 1.00. The molecular weight excluding hydrogens is 156 g/mol. The molecular formula is C5H10O4S. The van der Waals surface area contributed by atoms with Crippen LogP contribution in [0, 0.1) is 0 Å². The predicted octanol–water partition coefficient (Wildman–Crippen LogP) is -1.87. The van der Waals surface area contributed by atoms with E-state index in [0.29, 0.717) is 0 Å². The lowest BCUT2D eigenvalue weighted by molar-refractivity contribution is -0.0181. The van der Waals surface area contributed by atoms with Gasteiger partial charge < -0.3 is 20.4 Å². The summed E-state index contributed by atoms with van der Waals surface area (Å²) < 4.78 is 0. The predicted molar refractivity (Wildman–Crippen MR) is 36.5 cm³/mol. The summed E-state index contributed by atoms with van der Waals surface area (Å²) in [5, 5.41) is 35.0. The first-order chi connectivity index (χ1) is 4.66. The highest BCUT2D eigenvalue weighted by molar-refractivity contribution is 8.00. The first-order valence-corrected chi connectivity index (χ1v) is 3.91. The fourth-order valence-corrected chi connectivity index (χ4v) is 1.97. The third-order valence-electron chi connectivity index (χ3n) is 1.52. The van der Waals surface area contributed by atoms with Crippen LogP contribution in [0.4, 0.5) is 0 Å². The van der Waals surface area contributed by atoms with Gasteiger partial charge in [0.1, 0.15) is 11.5 Å². The number of rotatable bonds is 1. The summed E-state index contributed by atoms with van der Waals surface area (Å²) in [6.45, 7) is -0.222. The summed E-state index contributed by atoms with van der Waals surface area (Å²) in [6, 6.07) is 0. The number of hydrogen-bond acceptors (Lipinski definition) is 5. The first kappa shape index (κ1) is 8.29. The molecule has 10 heavy (non-hydrogen) atoms. The molecule has 4 atom stereocenters. The van der Waals surface area contributed by atoms with Gasteiger partial charge in [-0.05, 0) is 0 Å². The number of thioether (sulfide) groups is 1. The zero-order chi connectivity index (χ0) is 7.72. The Bertz CT molecular complexity index is 120. The van der Waals surface area contributed by atoms with Crippen molar-refractivity contribution < 1.29 is 20.4 Å². The lowest BCUT2D eigenvalue weighted by Crippen LogP contribution is -2.33. The third-order valence-corrected chi connectivity index (χ3v) is 2.85. The first-order valence-electron chi connectivity index (χ1n) is 2.97. The van der Waals surface area contributed by atoms with Crippen molar-refractivity contribution in [1.29, 1.82) is 0 Å². The molecule has 1 heterocycles. The SMILES string of the molecule is OC[C@@H]1SC(O)[C@H](O)[C@@H]1O. The van der Waals surface area contributed by atoms with Crippen molar-refractivity contribution in [3.8, 4) is 0 Å². The summed E-state index contributed by atoms with van der Waals surface area (Å²) in [7, 11) is 0. The zero-order valence-corrected chi connectivity index (χ0v) is 6.03. The second-order valence-electron chi connectivity index (χ2n) is 2.23. The van der Waals surface area contributed by atoms with Crippen LogP contribution in [0.25, 0.3) is 0 Å². The van der Waals surface area contributed by atoms with Crippen LogP contribution in [0.5, 0.6) is 0 Å². The van der Waals surface area contributed by atoms with Gasteiger partial charge in [0, 0.05) is 0 Å². The summed E-state index contributed by atoms with van der Waals surface area (Å²) >= 11 is 0.987. The maximum absolute atomic E-state index is 9.04. The van der Waals surface area contributed by atoms with Crippen LogP contribution in [0.1, 0.15) is 0 Å². The Morgan fingerprint density at radius 1 is 1.10 bits per heavy atom. The minimum absolute atomic E-state index is 0.222. The highest BCUT2D eigenvalue weighted by atomic mass is 32.2. The van der Waals surface area contributed by atoms with Crippen molar-refractivity contribution in [3.05, 3.63) is 0 Å². The van der Waals surface area contributed by atoms with E-state index in [-0.39, 0.29) is 6.61 Å². The summed E-state index contributed by atoms with van der Waals surface area (Å²) in [6.07, 6.45) is -2.13. The Morgan fingerprint density at radius 2 is 1.70 bits per heavy atom. The molecule has 0 aromatic carbocycles. The Kier molecular flexibility index (Phi) is 2.54. The van der Waals surface area contributed by atoms with E-state index in [1.165, 1.54) is 0 Å². The Balaban J connectivity index is 2.53. The van der Waals surface area contributed by atoms with Crippen LogP contribution >= 0.6 is 11.8 Å². The molecule has 1 unspecified atom stereocenters. The molecule has 5 heteroatoms. The van der Waals surface area contributed by atoms with Crippen molar-refractivity contribution in [2.24, 2.45) is 0 Å². The van der Waals surface area contributed by atoms with E-state index < -0.39 is 22.9 Å². The van der Waals surface area contributed by atoms with Crippen LogP contribution in [0.15, 0.2) is 0 Å². The standard InChI is InChI=1S/C5H10O4S/c6-1-2-3(7)4(8)5(9)10-2/h2-9H,1H2/t2-,3+,4+,5?/m0/s1. The maximum Gasteiger partial charge on any atom is 0.128 e. The highest BCUT2D eigenvalue weighted by Crippen LogP contribution is 2.32. The monoisotopic (exact) mass is 166 g/mol. The molecule has 0 aromatic rings. The summed E-state index contributed by atoms with van der Waals surface area (Å²) in [4.78, 5) is 0. The van der Waals surface area contributed by atoms with E-state index in [1.807, 2.05) is 0 Å². The molecule has 1 saturated heterocycles. The maximum atomic E-state index is 9.04. The van der Waals surface area contributed by atoms with Gasteiger partial charge >= 0.3 is 0 Å². The minimum atomic E-state index is -1.12. The topological polar surface area (TPSA) is 80.9 Å². The smallest absolute Gasteiger partial charge is 0.128 e. The molecule has 1 aliphatic rings.